The number of hydrogen-bond donors (Lipinski definition) is 5. The first-order valence-electron chi connectivity index (χ1n) is 8.98. The van der Waals surface area contributed by atoms with Gasteiger partial charge in [0.15, 0.2) is 5.13 Å². The minimum Gasteiger partial charge on any atom is -0.477 e. The number of β-lactam (4-membered cyclic amide) rings is 1. The molecule has 7 N–H and O–H groups in total. The van der Waals surface area contributed by atoms with Crippen LogP contribution >= 0.6 is 23.3 Å². The zero-order valence-electron chi connectivity index (χ0n) is 16.0. The van der Waals surface area contributed by atoms with Crippen LogP contribution in [0.5, 0.6) is 0 Å². The van der Waals surface area contributed by atoms with Gasteiger partial charge in [0.1, 0.15) is 17.6 Å². The van der Waals surface area contributed by atoms with Crippen LogP contribution in [0.15, 0.2) is 32.9 Å². The zero-order valence-corrected chi connectivity index (χ0v) is 17.6. The molecule has 0 spiro atoms. The van der Waals surface area contributed by atoms with Crippen LogP contribution in [-0.4, -0.2) is 70.3 Å². The Morgan fingerprint density at radius 1 is 1.38 bits per heavy atom. The number of anilines is 2. The molecule has 1 unspecified atom stereocenters. The molecular weight excluding hydrogens is 462 g/mol. The van der Waals surface area contributed by atoms with Gasteiger partial charge >= 0.3 is 5.97 Å². The largest absolute Gasteiger partial charge is 0.477 e. The molecule has 2 atom stereocenters. The van der Waals surface area contributed by atoms with Gasteiger partial charge in [-0.2, -0.15) is 14.5 Å². The molecule has 16 heteroatoms. The van der Waals surface area contributed by atoms with E-state index in [9.17, 15) is 24.7 Å². The van der Waals surface area contributed by atoms with Crippen molar-refractivity contribution in [2.45, 2.75) is 29.8 Å². The average Bonchev–Trinajstić information content (AvgIpc) is 3.17. The van der Waals surface area contributed by atoms with Gasteiger partial charge in [-0.25, -0.2) is 4.79 Å². The molecule has 0 bridgehead atoms. The number of fused-ring (bicyclic) bond motifs is 1. The predicted octanol–water partition coefficient (Wildman–Crippen LogP) is -0.751. The maximum absolute atomic E-state index is 12.8. The Kier molecular flexibility index (Phi) is 5.62. The smallest absolute Gasteiger partial charge is 0.353 e. The topological polar surface area (TPSA) is 223 Å². The van der Waals surface area contributed by atoms with Crippen LogP contribution in [0.2, 0.25) is 0 Å². The molecular formula is C16H15N9O5S2. The van der Waals surface area contributed by atoms with Crippen molar-refractivity contribution in [3.8, 4) is 0 Å². The lowest BCUT2D eigenvalue weighted by atomic mass is 9.86. The summed E-state index contributed by atoms with van der Waals surface area (Å²) < 4.78 is 3.80. The summed E-state index contributed by atoms with van der Waals surface area (Å²) in [5, 5.41) is 31.7. The number of rotatable bonds is 6. The number of nitrogens with two attached hydrogens (primary N) is 2. The number of carboxylic acids is 1. The van der Waals surface area contributed by atoms with Crippen LogP contribution in [0.4, 0.5) is 10.9 Å². The van der Waals surface area contributed by atoms with E-state index in [0.29, 0.717) is 22.6 Å². The van der Waals surface area contributed by atoms with E-state index in [4.69, 9.17) is 11.5 Å². The van der Waals surface area contributed by atoms with E-state index < -0.39 is 35.6 Å². The van der Waals surface area contributed by atoms with E-state index in [-0.39, 0.29) is 22.5 Å². The Morgan fingerprint density at radius 3 is 2.78 bits per heavy atom. The third-order valence-corrected chi connectivity index (χ3v) is 6.38. The molecule has 2 aromatic rings. The van der Waals surface area contributed by atoms with Crippen LogP contribution in [0.25, 0.3) is 0 Å². The Labute approximate surface area is 187 Å². The van der Waals surface area contributed by atoms with Gasteiger partial charge in [-0.05, 0) is 18.9 Å². The Morgan fingerprint density at radius 2 is 2.16 bits per heavy atom. The lowest BCUT2D eigenvalue weighted by Crippen LogP contribution is -2.72. The summed E-state index contributed by atoms with van der Waals surface area (Å²) in [6, 6.07) is -0.0167. The number of oxime groups is 1. The molecule has 1 fully saturated rings. The van der Waals surface area contributed by atoms with Crippen molar-refractivity contribution >= 4 is 57.7 Å². The fourth-order valence-corrected chi connectivity index (χ4v) is 4.92. The lowest BCUT2D eigenvalue weighted by Gasteiger charge is -2.50. The monoisotopic (exact) mass is 477 g/mol. The summed E-state index contributed by atoms with van der Waals surface area (Å²) in [4.78, 5) is 43.2. The number of thioether (sulfide) groups is 1. The molecule has 2 aliphatic heterocycles. The minimum absolute atomic E-state index is 0.0690. The third-order valence-electron chi connectivity index (χ3n) is 4.74. The number of carbonyl (C=O) groups is 3. The second kappa shape index (κ2) is 8.39. The highest BCUT2D eigenvalue weighted by molar-refractivity contribution is 8.03. The van der Waals surface area contributed by atoms with Crippen molar-refractivity contribution in [1.82, 2.24) is 29.8 Å². The minimum atomic E-state index is -1.27. The maximum atomic E-state index is 12.8. The maximum Gasteiger partial charge on any atom is 0.353 e. The van der Waals surface area contributed by atoms with Gasteiger partial charge in [-0.1, -0.05) is 16.9 Å². The van der Waals surface area contributed by atoms with Gasteiger partial charge in [-0.3, -0.25) is 14.5 Å². The summed E-state index contributed by atoms with van der Waals surface area (Å²) in [6.45, 7) is 0. The third kappa shape index (κ3) is 3.80. The molecule has 0 saturated carbocycles. The number of nitrogens with one attached hydrogen (secondary N) is 1. The van der Waals surface area contributed by atoms with Crippen molar-refractivity contribution in [3.05, 3.63) is 28.7 Å². The summed E-state index contributed by atoms with van der Waals surface area (Å²) in [6.07, 6.45) is 2.19. The molecule has 166 valence electrons. The van der Waals surface area contributed by atoms with Gasteiger partial charge < -0.3 is 27.1 Å². The Balaban J connectivity index is 1.53. The molecule has 0 aliphatic carbocycles. The second-order valence-corrected chi connectivity index (χ2v) is 8.62. The molecule has 2 aliphatic rings. The van der Waals surface area contributed by atoms with E-state index in [0.717, 1.165) is 28.2 Å². The Bertz CT molecular complexity index is 1180. The predicted molar refractivity (Wildman–Crippen MR) is 111 cm³/mol. The number of carboxylic acid groups (broad SMARTS) is 1. The highest BCUT2D eigenvalue weighted by Crippen LogP contribution is 2.43. The number of aromatic nitrogens is 4. The lowest BCUT2D eigenvalue weighted by molar-refractivity contribution is -0.155. The molecule has 2 amide bonds. The summed E-state index contributed by atoms with van der Waals surface area (Å²) in [7, 11) is 0. The van der Waals surface area contributed by atoms with Crippen molar-refractivity contribution in [1.29, 1.82) is 0 Å². The SMILES string of the molecule is Nc1cc(SC2=C(C(=O)O)N3C(=O)[C@@H](NC(=O)/C(=N\O)c4nsc(N)n4)C3CC2)cnn1. The van der Waals surface area contributed by atoms with Crippen LogP contribution in [0, 0.1) is 0 Å². The van der Waals surface area contributed by atoms with E-state index in [1.807, 2.05) is 0 Å². The zero-order chi connectivity index (χ0) is 23.0. The van der Waals surface area contributed by atoms with E-state index in [1.54, 1.807) is 6.07 Å². The molecule has 14 nitrogen and oxygen atoms in total. The van der Waals surface area contributed by atoms with E-state index >= 15 is 0 Å². The van der Waals surface area contributed by atoms with Crippen molar-refractivity contribution < 1.29 is 24.7 Å². The first-order chi connectivity index (χ1) is 15.3. The van der Waals surface area contributed by atoms with Crippen LogP contribution in [0.3, 0.4) is 0 Å². The summed E-state index contributed by atoms with van der Waals surface area (Å²) in [5.41, 5.74) is 10.4. The van der Waals surface area contributed by atoms with Gasteiger partial charge in [0, 0.05) is 21.3 Å². The molecule has 2 aromatic heterocycles. The van der Waals surface area contributed by atoms with Crippen LogP contribution < -0.4 is 16.8 Å². The first kappa shape index (κ1) is 21.4. The fraction of sp³-hybridized carbons (Fsp3) is 0.250. The van der Waals surface area contributed by atoms with Gasteiger partial charge in [0.25, 0.3) is 11.8 Å². The van der Waals surface area contributed by atoms with Crippen LogP contribution in [0.1, 0.15) is 18.7 Å². The Hall–Kier alpha value is -3.79. The second-order valence-electron chi connectivity index (χ2n) is 6.67. The average molecular weight is 477 g/mol. The normalized spacial score (nSPS) is 20.6. The van der Waals surface area contributed by atoms with Crippen molar-refractivity contribution in [2.24, 2.45) is 5.16 Å². The molecule has 32 heavy (non-hydrogen) atoms. The molecule has 4 heterocycles. The standard InChI is InChI=1S/C16H15N9O5S2/c17-8-3-5(4-19-22-8)31-7-2-1-6-9(14(27)25(6)11(7)15(28)29)20-13(26)10(23-30)12-21-16(18)32-24-12/h3-4,6,9,30H,1-2H2,(H2,17,22)(H,20,26)(H,28,29)(H2,18,21,24)/b23-10-/t6?,9-/m0/s1. The number of amides is 2. The molecule has 0 radical (unpaired) electrons. The number of carbonyl (C=O) groups excluding carboxylic acids is 2. The number of nitrogen functional groups attached to an aromatic ring is 2. The summed E-state index contributed by atoms with van der Waals surface area (Å²) in [5.74, 6) is -2.77. The van der Waals surface area contributed by atoms with Crippen molar-refractivity contribution in [3.63, 3.8) is 0 Å². The van der Waals surface area contributed by atoms with Crippen molar-refractivity contribution in [2.75, 3.05) is 11.5 Å². The fourth-order valence-electron chi connectivity index (χ4n) is 3.42. The number of hydrogen-bond acceptors (Lipinski definition) is 13. The van der Waals surface area contributed by atoms with Gasteiger partial charge in [-0.15, -0.1) is 5.10 Å². The number of allylic oxidation sites excluding steroid dienone is 1. The first-order valence-corrected chi connectivity index (χ1v) is 10.6. The molecule has 0 aromatic carbocycles. The summed E-state index contributed by atoms with van der Waals surface area (Å²) >= 11 is 1.94. The van der Waals surface area contributed by atoms with Gasteiger partial charge in [0.2, 0.25) is 11.5 Å². The quantitative estimate of drug-likeness (QED) is 0.150. The molecule has 4 rings (SSSR count). The van der Waals surface area contributed by atoms with Gasteiger partial charge in [0.05, 0.1) is 12.2 Å². The highest BCUT2D eigenvalue weighted by Gasteiger charge is 2.53. The number of nitrogens with zero attached hydrogens (tertiary/aromatic N) is 6. The number of aliphatic carboxylic acids is 1. The molecule has 1 saturated heterocycles. The van der Waals surface area contributed by atoms with Crippen LogP contribution in [-0.2, 0) is 14.4 Å². The van der Waals surface area contributed by atoms with E-state index in [1.165, 1.54) is 6.20 Å². The highest BCUT2D eigenvalue weighted by atomic mass is 32.2. The van der Waals surface area contributed by atoms with E-state index in [2.05, 4.69) is 30.0 Å².